The molecule has 5 heteroatoms. The Bertz CT molecular complexity index is 805. The highest BCUT2D eigenvalue weighted by Gasteiger charge is 2.28. The minimum atomic E-state index is -0.506. The Kier molecular flexibility index (Phi) is 8.71. The lowest BCUT2D eigenvalue weighted by molar-refractivity contribution is -0.142. The molecular formula is C24H32N2O3. The van der Waals surface area contributed by atoms with E-state index in [1.807, 2.05) is 76.2 Å². The maximum absolute atomic E-state index is 13.0. The van der Waals surface area contributed by atoms with Crippen LogP contribution in [0.1, 0.15) is 37.0 Å². The van der Waals surface area contributed by atoms with Gasteiger partial charge in [0, 0.05) is 13.1 Å². The predicted octanol–water partition coefficient (Wildman–Crippen LogP) is 3.67. The number of rotatable bonds is 10. The van der Waals surface area contributed by atoms with Crippen molar-refractivity contribution in [2.45, 2.75) is 46.6 Å². The fourth-order valence-electron chi connectivity index (χ4n) is 3.37. The molecule has 0 aromatic heterocycles. The Balaban J connectivity index is 2.12. The van der Waals surface area contributed by atoms with Crippen LogP contribution >= 0.6 is 0 Å². The van der Waals surface area contributed by atoms with E-state index < -0.39 is 6.04 Å². The van der Waals surface area contributed by atoms with Gasteiger partial charge in [-0.25, -0.2) is 0 Å². The van der Waals surface area contributed by atoms with Crippen LogP contribution < -0.4 is 10.1 Å². The zero-order valence-electron chi connectivity index (χ0n) is 17.9. The summed E-state index contributed by atoms with van der Waals surface area (Å²) in [4.78, 5) is 27.3. The molecule has 1 N–H and O–H groups in total. The molecule has 0 heterocycles. The average Bonchev–Trinajstić information content (AvgIpc) is 2.71. The van der Waals surface area contributed by atoms with Crippen molar-refractivity contribution in [2.24, 2.45) is 0 Å². The average molecular weight is 397 g/mol. The van der Waals surface area contributed by atoms with E-state index in [4.69, 9.17) is 4.74 Å². The summed E-state index contributed by atoms with van der Waals surface area (Å²) in [5, 5.41) is 2.85. The van der Waals surface area contributed by atoms with Gasteiger partial charge in [0.15, 0.2) is 6.61 Å². The minimum Gasteiger partial charge on any atom is -0.483 e. The molecule has 1 atom stereocenters. The highest BCUT2D eigenvalue weighted by atomic mass is 16.5. The van der Waals surface area contributed by atoms with Crippen molar-refractivity contribution in [3.05, 3.63) is 65.2 Å². The van der Waals surface area contributed by atoms with Crippen LogP contribution in [0.4, 0.5) is 0 Å². The summed E-state index contributed by atoms with van der Waals surface area (Å²) in [6.45, 7) is 8.70. The number of hydrogen-bond donors (Lipinski definition) is 1. The van der Waals surface area contributed by atoms with Gasteiger partial charge in [0.1, 0.15) is 11.8 Å². The molecule has 0 aliphatic rings. The first-order valence-corrected chi connectivity index (χ1v) is 10.3. The Morgan fingerprint density at radius 2 is 1.79 bits per heavy atom. The summed E-state index contributed by atoms with van der Waals surface area (Å²) in [5.74, 6) is 0.389. The van der Waals surface area contributed by atoms with Gasteiger partial charge >= 0.3 is 0 Å². The first-order chi connectivity index (χ1) is 14.0. The molecule has 156 valence electrons. The molecule has 0 unspecified atom stereocenters. The lowest BCUT2D eigenvalue weighted by atomic mass is 10.1. The third-order valence-corrected chi connectivity index (χ3v) is 4.90. The Morgan fingerprint density at radius 1 is 1.07 bits per heavy atom. The lowest BCUT2D eigenvalue weighted by Gasteiger charge is -2.30. The van der Waals surface area contributed by atoms with E-state index in [1.54, 1.807) is 4.90 Å². The molecule has 0 bridgehead atoms. The molecule has 5 nitrogen and oxygen atoms in total. The van der Waals surface area contributed by atoms with Crippen LogP contribution in [-0.4, -0.2) is 42.5 Å². The van der Waals surface area contributed by atoms with E-state index in [1.165, 1.54) is 0 Å². The maximum Gasteiger partial charge on any atom is 0.261 e. The highest BCUT2D eigenvalue weighted by Crippen LogP contribution is 2.19. The van der Waals surface area contributed by atoms with Crippen molar-refractivity contribution in [3.63, 3.8) is 0 Å². The van der Waals surface area contributed by atoms with Crippen LogP contribution in [0.5, 0.6) is 5.75 Å². The SMILES string of the molecule is CCNC(=O)[C@H](CC)N(CCc1ccccc1)C(=O)COc1ccc(C)cc1C. The molecule has 29 heavy (non-hydrogen) atoms. The second kappa shape index (κ2) is 11.2. The molecule has 2 rings (SSSR count). The van der Waals surface area contributed by atoms with Gasteiger partial charge in [-0.1, -0.05) is 55.0 Å². The Morgan fingerprint density at radius 3 is 2.41 bits per heavy atom. The van der Waals surface area contributed by atoms with Crippen LogP contribution in [0.3, 0.4) is 0 Å². The fraction of sp³-hybridized carbons (Fsp3) is 0.417. The summed E-state index contributed by atoms with van der Waals surface area (Å²) in [5.41, 5.74) is 3.27. The number of amides is 2. The molecule has 0 spiro atoms. The fourth-order valence-corrected chi connectivity index (χ4v) is 3.37. The van der Waals surface area contributed by atoms with Crippen LogP contribution in [-0.2, 0) is 16.0 Å². The molecule has 0 saturated carbocycles. The topological polar surface area (TPSA) is 58.6 Å². The number of carbonyl (C=O) groups is 2. The molecule has 2 amide bonds. The van der Waals surface area contributed by atoms with Crippen LogP contribution in [0.2, 0.25) is 0 Å². The molecule has 0 aliphatic heterocycles. The molecule has 0 radical (unpaired) electrons. The van der Waals surface area contributed by atoms with Crippen LogP contribution in [0.15, 0.2) is 48.5 Å². The van der Waals surface area contributed by atoms with E-state index in [-0.39, 0.29) is 18.4 Å². The number of hydrogen-bond acceptors (Lipinski definition) is 3. The van der Waals surface area contributed by atoms with Gasteiger partial charge in [0.05, 0.1) is 0 Å². The van der Waals surface area contributed by atoms with Gasteiger partial charge < -0.3 is 15.0 Å². The number of aryl methyl sites for hydroxylation is 2. The Labute approximate surface area is 174 Å². The van der Waals surface area contributed by atoms with Crippen molar-refractivity contribution >= 4 is 11.8 Å². The third kappa shape index (κ3) is 6.63. The molecular weight excluding hydrogens is 364 g/mol. The summed E-state index contributed by atoms with van der Waals surface area (Å²) in [7, 11) is 0. The maximum atomic E-state index is 13.0. The smallest absolute Gasteiger partial charge is 0.261 e. The van der Waals surface area contributed by atoms with Gasteiger partial charge in [-0.15, -0.1) is 0 Å². The van der Waals surface area contributed by atoms with Crippen LogP contribution in [0.25, 0.3) is 0 Å². The first-order valence-electron chi connectivity index (χ1n) is 10.3. The van der Waals surface area contributed by atoms with E-state index in [9.17, 15) is 9.59 Å². The standard InChI is InChI=1S/C24H32N2O3/c1-5-21(24(28)25-6-2)26(15-14-20-10-8-7-9-11-20)23(27)17-29-22-13-12-18(3)16-19(22)4/h7-13,16,21H,5-6,14-15,17H2,1-4H3,(H,25,28)/t21-/m0/s1. The van der Waals surface area contributed by atoms with E-state index >= 15 is 0 Å². The van der Waals surface area contributed by atoms with Crippen molar-refractivity contribution in [1.82, 2.24) is 10.2 Å². The number of benzene rings is 2. The number of nitrogens with one attached hydrogen (secondary N) is 1. The third-order valence-electron chi connectivity index (χ3n) is 4.90. The van der Waals surface area contributed by atoms with Crippen molar-refractivity contribution in [2.75, 3.05) is 19.7 Å². The van der Waals surface area contributed by atoms with E-state index in [2.05, 4.69) is 5.32 Å². The van der Waals surface area contributed by atoms with E-state index in [0.29, 0.717) is 31.7 Å². The summed E-state index contributed by atoms with van der Waals surface area (Å²) in [6, 6.07) is 15.3. The van der Waals surface area contributed by atoms with Gasteiger partial charge in [-0.3, -0.25) is 9.59 Å². The monoisotopic (exact) mass is 396 g/mol. The lowest BCUT2D eigenvalue weighted by Crippen LogP contribution is -2.51. The summed E-state index contributed by atoms with van der Waals surface area (Å²) >= 11 is 0. The van der Waals surface area contributed by atoms with Crippen molar-refractivity contribution < 1.29 is 14.3 Å². The molecule has 2 aromatic rings. The number of likely N-dealkylation sites (N-methyl/N-ethyl adjacent to an activating group) is 1. The van der Waals surface area contributed by atoms with Crippen molar-refractivity contribution in [3.8, 4) is 5.75 Å². The quantitative estimate of drug-likeness (QED) is 0.667. The Hall–Kier alpha value is -2.82. The van der Waals surface area contributed by atoms with Crippen LogP contribution in [0, 0.1) is 13.8 Å². The molecule has 0 saturated heterocycles. The number of carbonyl (C=O) groups excluding carboxylic acids is 2. The van der Waals surface area contributed by atoms with E-state index in [0.717, 1.165) is 16.7 Å². The zero-order chi connectivity index (χ0) is 21.2. The summed E-state index contributed by atoms with van der Waals surface area (Å²) < 4.78 is 5.80. The largest absolute Gasteiger partial charge is 0.483 e. The predicted molar refractivity (Wildman–Crippen MR) is 116 cm³/mol. The van der Waals surface area contributed by atoms with Gasteiger partial charge in [0.2, 0.25) is 5.91 Å². The zero-order valence-corrected chi connectivity index (χ0v) is 17.9. The number of nitrogens with zero attached hydrogens (tertiary/aromatic N) is 1. The van der Waals surface area contributed by atoms with Gasteiger partial charge in [0.25, 0.3) is 5.91 Å². The number of ether oxygens (including phenoxy) is 1. The van der Waals surface area contributed by atoms with Gasteiger partial charge in [-0.05, 0) is 50.8 Å². The molecule has 0 aliphatic carbocycles. The summed E-state index contributed by atoms with van der Waals surface area (Å²) in [6.07, 6.45) is 1.24. The van der Waals surface area contributed by atoms with Crippen molar-refractivity contribution in [1.29, 1.82) is 0 Å². The molecule has 2 aromatic carbocycles. The first kappa shape index (κ1) is 22.5. The second-order valence-corrected chi connectivity index (χ2v) is 7.20. The molecule has 0 fully saturated rings. The highest BCUT2D eigenvalue weighted by molar-refractivity contribution is 5.88. The second-order valence-electron chi connectivity index (χ2n) is 7.20. The van der Waals surface area contributed by atoms with Gasteiger partial charge in [-0.2, -0.15) is 0 Å². The normalized spacial score (nSPS) is 11.6. The minimum absolute atomic E-state index is 0.0887.